The molecule has 0 aliphatic carbocycles. The zero-order chi connectivity index (χ0) is 19.8. The van der Waals surface area contributed by atoms with Crippen molar-refractivity contribution in [1.29, 1.82) is 0 Å². The molecule has 146 valence electrons. The molecule has 0 saturated carbocycles. The predicted octanol–water partition coefficient (Wildman–Crippen LogP) is 3.80. The molecule has 2 atom stereocenters. The fraction of sp³-hybridized carbons (Fsp3) is 0.611. The van der Waals surface area contributed by atoms with Crippen molar-refractivity contribution in [3.63, 3.8) is 0 Å². The van der Waals surface area contributed by atoms with E-state index < -0.39 is 40.6 Å². The van der Waals surface area contributed by atoms with Gasteiger partial charge in [0, 0.05) is 24.5 Å². The van der Waals surface area contributed by atoms with Gasteiger partial charge in [0.1, 0.15) is 17.0 Å². The van der Waals surface area contributed by atoms with Gasteiger partial charge in [0.15, 0.2) is 0 Å². The largest absolute Gasteiger partial charge is 0.460 e. The molecule has 26 heavy (non-hydrogen) atoms. The topological polar surface area (TPSA) is 55.8 Å². The van der Waals surface area contributed by atoms with Gasteiger partial charge in [-0.05, 0) is 32.9 Å². The van der Waals surface area contributed by atoms with Crippen LogP contribution in [0.15, 0.2) is 18.2 Å². The summed E-state index contributed by atoms with van der Waals surface area (Å²) < 4.78 is 63.1. The summed E-state index contributed by atoms with van der Waals surface area (Å²) in [6.45, 7) is 5.12. The van der Waals surface area contributed by atoms with E-state index in [2.05, 4.69) is 0 Å². The average molecular weight is 378 g/mol. The molecule has 2 unspecified atom stereocenters. The molecule has 1 aromatic rings. The highest BCUT2D eigenvalue weighted by Crippen LogP contribution is 2.41. The number of ether oxygens (including phenoxy) is 2. The molecular weight excluding hydrogens is 356 g/mol. The molecule has 1 heterocycles. The highest BCUT2D eigenvalue weighted by Gasteiger charge is 2.45. The third-order valence-electron chi connectivity index (χ3n) is 4.22. The van der Waals surface area contributed by atoms with E-state index in [0.717, 1.165) is 12.1 Å². The molecule has 1 fully saturated rings. The molecule has 1 aliphatic heterocycles. The number of hydrogen-bond acceptors (Lipinski definition) is 4. The van der Waals surface area contributed by atoms with Gasteiger partial charge in [-0.1, -0.05) is 6.07 Å². The van der Waals surface area contributed by atoms with Crippen molar-refractivity contribution >= 4 is 5.97 Å². The van der Waals surface area contributed by atoms with Crippen LogP contribution in [0.3, 0.4) is 0 Å². The summed E-state index contributed by atoms with van der Waals surface area (Å²) in [5, 5.41) is 11.0. The molecule has 1 saturated heterocycles. The lowest BCUT2D eigenvalue weighted by Gasteiger charge is -2.40. The second-order valence-corrected chi connectivity index (χ2v) is 7.43. The zero-order valence-corrected chi connectivity index (χ0v) is 14.8. The fourth-order valence-corrected chi connectivity index (χ4v) is 3.00. The molecule has 8 heteroatoms. The summed E-state index contributed by atoms with van der Waals surface area (Å²) in [6.07, 6.45) is -4.97. The Kier molecular flexibility index (Phi) is 5.68. The number of halogens is 4. The number of hydrogen-bond donors (Lipinski definition) is 1. The van der Waals surface area contributed by atoms with Crippen LogP contribution in [0.4, 0.5) is 17.6 Å². The molecule has 0 amide bonds. The lowest BCUT2D eigenvalue weighted by Crippen LogP contribution is -2.45. The molecule has 4 nitrogen and oxygen atoms in total. The summed E-state index contributed by atoms with van der Waals surface area (Å²) in [4.78, 5) is 12.1. The van der Waals surface area contributed by atoms with Crippen molar-refractivity contribution in [2.75, 3.05) is 13.2 Å². The van der Waals surface area contributed by atoms with Gasteiger partial charge < -0.3 is 14.6 Å². The average Bonchev–Trinajstić information content (AvgIpc) is 2.46. The van der Waals surface area contributed by atoms with Gasteiger partial charge in [-0.25, -0.2) is 4.39 Å². The third-order valence-corrected chi connectivity index (χ3v) is 4.22. The second kappa shape index (κ2) is 7.15. The first kappa shape index (κ1) is 20.6. The molecule has 1 aromatic carbocycles. The summed E-state index contributed by atoms with van der Waals surface area (Å²) in [5.41, 5.74) is -3.96. The van der Waals surface area contributed by atoms with E-state index in [4.69, 9.17) is 9.47 Å². The van der Waals surface area contributed by atoms with Crippen LogP contribution in [0.5, 0.6) is 0 Å². The highest BCUT2D eigenvalue weighted by atomic mass is 19.4. The van der Waals surface area contributed by atoms with E-state index in [9.17, 15) is 27.5 Å². The van der Waals surface area contributed by atoms with Crippen LogP contribution >= 0.6 is 0 Å². The smallest absolute Gasteiger partial charge is 0.416 e. The summed E-state index contributed by atoms with van der Waals surface area (Å²) in [7, 11) is 0. The first-order chi connectivity index (χ1) is 11.8. The predicted molar refractivity (Wildman–Crippen MR) is 84.7 cm³/mol. The highest BCUT2D eigenvalue weighted by molar-refractivity contribution is 5.70. The van der Waals surface area contributed by atoms with Crippen LogP contribution < -0.4 is 0 Å². The Labute approximate surface area is 149 Å². The molecular formula is C18H22F4O4. The van der Waals surface area contributed by atoms with Crippen molar-refractivity contribution in [3.05, 3.63) is 35.1 Å². The van der Waals surface area contributed by atoms with Crippen molar-refractivity contribution in [3.8, 4) is 0 Å². The van der Waals surface area contributed by atoms with E-state index in [1.165, 1.54) is 0 Å². The van der Waals surface area contributed by atoms with Gasteiger partial charge in [-0.2, -0.15) is 13.2 Å². The number of carbonyl (C=O) groups excluding carboxylic acids is 1. The fourth-order valence-electron chi connectivity index (χ4n) is 3.00. The van der Waals surface area contributed by atoms with Crippen LogP contribution in [-0.2, 0) is 26.0 Å². The molecule has 0 bridgehead atoms. The van der Waals surface area contributed by atoms with Crippen LogP contribution in [-0.4, -0.2) is 29.9 Å². The summed E-state index contributed by atoms with van der Waals surface area (Å²) in [5.74, 6) is -2.60. The molecule has 2 rings (SSSR count). The van der Waals surface area contributed by atoms with Crippen LogP contribution in [0.2, 0.25) is 0 Å². The van der Waals surface area contributed by atoms with Crippen molar-refractivity contribution in [2.24, 2.45) is 5.92 Å². The second-order valence-electron chi connectivity index (χ2n) is 7.43. The monoisotopic (exact) mass is 378 g/mol. The third kappa shape index (κ3) is 4.73. The Morgan fingerprint density at radius 1 is 1.35 bits per heavy atom. The number of carbonyl (C=O) groups is 1. The van der Waals surface area contributed by atoms with Crippen LogP contribution in [0.25, 0.3) is 0 Å². The SMILES string of the molecule is CC(C)(C)OC(=O)CC1COCCC1(O)c1ccc(C(F)(F)F)cc1F. The lowest BCUT2D eigenvalue weighted by molar-refractivity contribution is -0.167. The maximum absolute atomic E-state index is 14.4. The first-order valence-electron chi connectivity index (χ1n) is 8.22. The van der Waals surface area contributed by atoms with Gasteiger partial charge in [0.25, 0.3) is 0 Å². The standard InChI is InChI=1S/C18H22F4O4/c1-16(2,3)26-15(23)9-12-10-25-7-6-17(12,24)13-5-4-11(8-14(13)19)18(20,21)22/h4-5,8,12,24H,6-7,9-10H2,1-3H3. The lowest BCUT2D eigenvalue weighted by atomic mass is 9.76. The molecule has 1 N–H and O–H groups in total. The van der Waals surface area contributed by atoms with Crippen LogP contribution in [0.1, 0.15) is 44.7 Å². The van der Waals surface area contributed by atoms with Crippen molar-refractivity contribution < 1.29 is 36.9 Å². The van der Waals surface area contributed by atoms with Crippen molar-refractivity contribution in [1.82, 2.24) is 0 Å². The molecule has 0 spiro atoms. The quantitative estimate of drug-likeness (QED) is 0.642. The van der Waals surface area contributed by atoms with E-state index in [1.807, 2.05) is 0 Å². The minimum atomic E-state index is -4.69. The minimum Gasteiger partial charge on any atom is -0.460 e. The van der Waals surface area contributed by atoms with Crippen molar-refractivity contribution in [2.45, 2.75) is 51.0 Å². The number of esters is 1. The van der Waals surface area contributed by atoms with E-state index in [1.54, 1.807) is 20.8 Å². The molecule has 0 radical (unpaired) electrons. The Hall–Kier alpha value is -1.67. The van der Waals surface area contributed by atoms with Gasteiger partial charge in [0.05, 0.1) is 18.6 Å². The van der Waals surface area contributed by atoms with Crippen LogP contribution in [0, 0.1) is 11.7 Å². The maximum atomic E-state index is 14.4. The van der Waals surface area contributed by atoms with Gasteiger partial charge >= 0.3 is 12.1 Å². The molecule has 0 aromatic heterocycles. The van der Waals surface area contributed by atoms with E-state index in [0.29, 0.717) is 6.07 Å². The summed E-state index contributed by atoms with van der Waals surface area (Å²) in [6, 6.07) is 2.00. The first-order valence-corrected chi connectivity index (χ1v) is 8.22. The Morgan fingerprint density at radius 3 is 2.54 bits per heavy atom. The Morgan fingerprint density at radius 2 is 2.00 bits per heavy atom. The number of rotatable bonds is 3. The summed E-state index contributed by atoms with van der Waals surface area (Å²) >= 11 is 0. The normalized spacial score (nSPS) is 24.4. The van der Waals surface area contributed by atoms with Gasteiger partial charge in [-0.15, -0.1) is 0 Å². The number of benzene rings is 1. The number of aliphatic hydroxyl groups is 1. The maximum Gasteiger partial charge on any atom is 0.416 e. The zero-order valence-electron chi connectivity index (χ0n) is 14.8. The minimum absolute atomic E-state index is 0.0315. The number of alkyl halides is 3. The van der Waals surface area contributed by atoms with Gasteiger partial charge in [0.2, 0.25) is 0 Å². The van der Waals surface area contributed by atoms with E-state index >= 15 is 0 Å². The Balaban J connectivity index is 2.30. The molecule has 1 aliphatic rings. The van der Waals surface area contributed by atoms with Gasteiger partial charge in [-0.3, -0.25) is 4.79 Å². The van der Waals surface area contributed by atoms with E-state index in [-0.39, 0.29) is 31.6 Å². The Bertz CT molecular complexity index is 666.